The molecule has 1 aromatic heterocycles. The Hall–Kier alpha value is -2.46. The second kappa shape index (κ2) is 8.91. The van der Waals surface area contributed by atoms with E-state index >= 15 is 0 Å². The molecule has 0 radical (unpaired) electrons. The first kappa shape index (κ1) is 21.3. The number of sulfone groups is 1. The Kier molecular flexibility index (Phi) is 6.53. The van der Waals surface area contributed by atoms with Crippen molar-refractivity contribution >= 4 is 43.2 Å². The van der Waals surface area contributed by atoms with E-state index in [4.69, 9.17) is 4.74 Å². The van der Waals surface area contributed by atoms with E-state index in [1.165, 1.54) is 16.2 Å². The van der Waals surface area contributed by atoms with Gasteiger partial charge < -0.3 is 14.2 Å². The van der Waals surface area contributed by atoms with Crippen molar-refractivity contribution in [3.63, 3.8) is 0 Å². The van der Waals surface area contributed by atoms with Gasteiger partial charge in [0.1, 0.15) is 17.3 Å². The molecule has 0 saturated carbocycles. The van der Waals surface area contributed by atoms with Gasteiger partial charge in [-0.15, -0.1) is 6.58 Å². The van der Waals surface area contributed by atoms with E-state index in [2.05, 4.69) is 11.6 Å². The zero-order chi connectivity index (χ0) is 21.0. The normalized spacial score (nSPS) is 15.1. The van der Waals surface area contributed by atoms with Gasteiger partial charge in [-0.2, -0.15) is 4.99 Å². The number of likely N-dealkylation sites (tertiary alicyclic amines) is 1. The fourth-order valence-corrected chi connectivity index (χ4v) is 5.38. The third kappa shape index (κ3) is 5.13. The predicted octanol–water partition coefficient (Wildman–Crippen LogP) is 1.36. The van der Waals surface area contributed by atoms with Crippen LogP contribution in [0.3, 0.4) is 0 Å². The first-order chi connectivity index (χ1) is 13.8. The highest BCUT2D eigenvalue weighted by Crippen LogP contribution is 2.23. The highest BCUT2D eigenvalue weighted by molar-refractivity contribution is 7.92. The molecule has 156 valence electrons. The maximum absolute atomic E-state index is 12.4. The van der Waals surface area contributed by atoms with Crippen molar-refractivity contribution in [3.05, 3.63) is 35.7 Å². The first-order valence-electron chi connectivity index (χ1n) is 9.17. The third-order valence-corrected chi connectivity index (χ3v) is 6.98. The summed E-state index contributed by atoms with van der Waals surface area (Å²) in [5.41, 5.74) is 0.842. The minimum Gasteiger partial charge on any atom is -0.497 e. The van der Waals surface area contributed by atoms with Gasteiger partial charge in [-0.05, 0) is 31.0 Å². The molecule has 29 heavy (non-hydrogen) atoms. The quantitative estimate of drug-likeness (QED) is 0.609. The SMILES string of the molecule is C=CCn1c(=NC(=O)CS(=O)(=O)CC(=O)N2CCCC2)sc2cc(OC)ccc21. The van der Waals surface area contributed by atoms with Gasteiger partial charge in [-0.1, -0.05) is 17.4 Å². The molecule has 2 aromatic rings. The van der Waals surface area contributed by atoms with Crippen molar-refractivity contribution in [1.82, 2.24) is 9.47 Å². The number of ether oxygens (including phenoxy) is 1. The lowest BCUT2D eigenvalue weighted by Gasteiger charge is -2.14. The number of carbonyl (C=O) groups excluding carboxylic acids is 2. The van der Waals surface area contributed by atoms with Crippen LogP contribution in [0.1, 0.15) is 12.8 Å². The van der Waals surface area contributed by atoms with E-state index in [0.717, 1.165) is 23.1 Å². The van der Waals surface area contributed by atoms with Crippen LogP contribution in [0.4, 0.5) is 0 Å². The zero-order valence-corrected chi connectivity index (χ0v) is 17.8. The number of hydrogen-bond donors (Lipinski definition) is 0. The lowest BCUT2D eigenvalue weighted by atomic mass is 10.3. The Balaban J connectivity index is 1.83. The summed E-state index contributed by atoms with van der Waals surface area (Å²) in [7, 11) is -2.32. The average molecular weight is 438 g/mol. The van der Waals surface area contributed by atoms with Crippen molar-refractivity contribution in [3.8, 4) is 5.75 Å². The molecule has 1 saturated heterocycles. The molecular formula is C19H23N3O5S2. The van der Waals surface area contributed by atoms with Crippen LogP contribution in [-0.2, 0) is 26.0 Å². The Morgan fingerprint density at radius 1 is 1.28 bits per heavy atom. The van der Waals surface area contributed by atoms with Gasteiger partial charge in [0.25, 0.3) is 5.91 Å². The van der Waals surface area contributed by atoms with Crippen molar-refractivity contribution < 1.29 is 22.7 Å². The summed E-state index contributed by atoms with van der Waals surface area (Å²) >= 11 is 1.26. The fraction of sp³-hybridized carbons (Fsp3) is 0.421. The Morgan fingerprint density at radius 3 is 2.66 bits per heavy atom. The van der Waals surface area contributed by atoms with Gasteiger partial charge in [-0.25, -0.2) is 8.42 Å². The Labute approximate surface area is 173 Å². The lowest BCUT2D eigenvalue weighted by Crippen LogP contribution is -2.35. The molecule has 1 aliphatic heterocycles. The Morgan fingerprint density at radius 2 is 2.00 bits per heavy atom. The minimum atomic E-state index is -3.88. The molecule has 0 spiro atoms. The first-order valence-corrected chi connectivity index (χ1v) is 11.8. The van der Waals surface area contributed by atoms with Crippen LogP contribution in [0.15, 0.2) is 35.8 Å². The van der Waals surface area contributed by atoms with Crippen LogP contribution in [0, 0.1) is 0 Å². The highest BCUT2D eigenvalue weighted by Gasteiger charge is 2.26. The number of thiazole rings is 1. The molecule has 0 aliphatic carbocycles. The maximum Gasteiger partial charge on any atom is 0.263 e. The van der Waals surface area contributed by atoms with Crippen molar-refractivity contribution in [2.24, 2.45) is 4.99 Å². The number of carbonyl (C=O) groups is 2. The molecule has 2 amide bonds. The number of hydrogen-bond acceptors (Lipinski definition) is 6. The molecule has 3 rings (SSSR count). The van der Waals surface area contributed by atoms with Crippen LogP contribution >= 0.6 is 11.3 Å². The van der Waals surface area contributed by atoms with Crippen LogP contribution in [-0.4, -0.2) is 61.4 Å². The number of benzene rings is 1. The fourth-order valence-electron chi connectivity index (χ4n) is 3.20. The van der Waals surface area contributed by atoms with Crippen LogP contribution in [0.25, 0.3) is 10.2 Å². The predicted molar refractivity (Wildman–Crippen MR) is 112 cm³/mol. The highest BCUT2D eigenvalue weighted by atomic mass is 32.2. The number of fused-ring (bicyclic) bond motifs is 1. The average Bonchev–Trinajstić information content (AvgIpc) is 3.29. The molecule has 10 heteroatoms. The van der Waals surface area contributed by atoms with Gasteiger partial charge >= 0.3 is 0 Å². The van der Waals surface area contributed by atoms with E-state index in [0.29, 0.717) is 30.2 Å². The number of rotatable bonds is 7. The monoisotopic (exact) mass is 437 g/mol. The summed E-state index contributed by atoms with van der Waals surface area (Å²) in [4.78, 5) is 30.4. The van der Waals surface area contributed by atoms with Crippen LogP contribution in [0.2, 0.25) is 0 Å². The third-order valence-electron chi connectivity index (χ3n) is 4.57. The van der Waals surface area contributed by atoms with Crippen LogP contribution in [0.5, 0.6) is 5.75 Å². The molecule has 0 N–H and O–H groups in total. The molecule has 0 bridgehead atoms. The summed E-state index contributed by atoms with van der Waals surface area (Å²) < 4.78 is 32.5. The number of methoxy groups -OCH3 is 1. The second-order valence-corrected chi connectivity index (χ2v) is 9.82. The number of allylic oxidation sites excluding steroid dienone is 1. The number of aromatic nitrogens is 1. The van der Waals surface area contributed by atoms with Crippen LogP contribution < -0.4 is 9.54 Å². The van der Waals surface area contributed by atoms with E-state index < -0.39 is 33.2 Å². The van der Waals surface area contributed by atoms with Gasteiger partial charge in [0.15, 0.2) is 14.6 Å². The summed E-state index contributed by atoms with van der Waals surface area (Å²) in [5.74, 6) is -2.03. The van der Waals surface area contributed by atoms with Gasteiger partial charge in [-0.3, -0.25) is 9.59 Å². The summed E-state index contributed by atoms with van der Waals surface area (Å²) in [6.45, 7) is 5.27. The topological polar surface area (TPSA) is 98.0 Å². The standard InChI is InChI=1S/C19H23N3O5S2/c1-3-8-22-15-7-6-14(27-2)11-16(15)28-19(22)20-17(23)12-29(25,26)13-18(24)21-9-4-5-10-21/h3,6-7,11H,1,4-5,8-10,12-13H2,2H3. The molecule has 0 unspecified atom stereocenters. The second-order valence-electron chi connectivity index (χ2n) is 6.74. The summed E-state index contributed by atoms with van der Waals surface area (Å²) in [6, 6.07) is 5.48. The summed E-state index contributed by atoms with van der Waals surface area (Å²) in [6.07, 6.45) is 3.42. The Bertz CT molecular complexity index is 1110. The molecular weight excluding hydrogens is 414 g/mol. The lowest BCUT2D eigenvalue weighted by molar-refractivity contribution is -0.127. The molecule has 1 fully saturated rings. The molecule has 0 atom stereocenters. The molecule has 1 aliphatic rings. The summed E-state index contributed by atoms with van der Waals surface area (Å²) in [5, 5.41) is 0. The smallest absolute Gasteiger partial charge is 0.263 e. The van der Waals surface area contributed by atoms with Gasteiger partial charge in [0.05, 0.1) is 17.3 Å². The van der Waals surface area contributed by atoms with Gasteiger partial charge in [0, 0.05) is 19.6 Å². The molecule has 1 aromatic carbocycles. The van der Waals surface area contributed by atoms with E-state index in [-0.39, 0.29) is 0 Å². The molecule has 2 heterocycles. The zero-order valence-electron chi connectivity index (χ0n) is 16.2. The van der Waals surface area contributed by atoms with Crippen molar-refractivity contribution in [2.45, 2.75) is 19.4 Å². The van der Waals surface area contributed by atoms with Crippen molar-refractivity contribution in [2.75, 3.05) is 31.7 Å². The van der Waals surface area contributed by atoms with Gasteiger partial charge in [0.2, 0.25) is 5.91 Å². The van der Waals surface area contributed by atoms with Crippen molar-refractivity contribution in [1.29, 1.82) is 0 Å². The minimum absolute atomic E-state index is 0.374. The maximum atomic E-state index is 12.4. The molecule has 8 nitrogen and oxygen atoms in total. The van der Waals surface area contributed by atoms with E-state index in [1.807, 2.05) is 12.1 Å². The van der Waals surface area contributed by atoms with E-state index in [9.17, 15) is 18.0 Å². The number of nitrogens with zero attached hydrogens (tertiary/aromatic N) is 3. The number of amides is 2. The van der Waals surface area contributed by atoms with E-state index in [1.54, 1.807) is 23.8 Å². The largest absolute Gasteiger partial charge is 0.497 e.